The van der Waals surface area contributed by atoms with Crippen molar-refractivity contribution in [3.8, 4) is 5.75 Å². The Bertz CT molecular complexity index is 831. The van der Waals surface area contributed by atoms with Crippen molar-refractivity contribution in [3.63, 3.8) is 0 Å². The molecule has 136 valence electrons. The fourth-order valence-corrected chi connectivity index (χ4v) is 2.97. The van der Waals surface area contributed by atoms with Crippen LogP contribution in [0.2, 0.25) is 0 Å². The van der Waals surface area contributed by atoms with Gasteiger partial charge in [0.05, 0.1) is 23.4 Å². The number of benzene rings is 1. The molecule has 0 saturated carbocycles. The van der Waals surface area contributed by atoms with Crippen LogP contribution < -0.4 is 10.1 Å². The topological polar surface area (TPSA) is 81.9 Å². The van der Waals surface area contributed by atoms with Crippen molar-refractivity contribution < 1.29 is 9.53 Å². The van der Waals surface area contributed by atoms with E-state index in [-0.39, 0.29) is 5.91 Å². The summed E-state index contributed by atoms with van der Waals surface area (Å²) in [6.07, 6.45) is 2.99. The highest BCUT2D eigenvalue weighted by atomic mass is 32.1. The molecule has 0 aliphatic heterocycles. The Morgan fingerprint density at radius 1 is 1.27 bits per heavy atom. The average molecular weight is 371 g/mol. The van der Waals surface area contributed by atoms with E-state index in [1.807, 2.05) is 48.8 Å². The van der Waals surface area contributed by atoms with Gasteiger partial charge in [0.2, 0.25) is 5.91 Å². The van der Waals surface area contributed by atoms with Crippen LogP contribution in [0.5, 0.6) is 5.75 Å². The fraction of sp³-hybridized carbons (Fsp3) is 0.333. The molecule has 0 aliphatic rings. The maximum Gasteiger partial charge on any atom is 0.220 e. The number of nitrogens with one attached hydrogen (secondary N) is 1. The number of nitrogens with zero attached hydrogens (tertiary/aromatic N) is 4. The van der Waals surface area contributed by atoms with E-state index in [9.17, 15) is 4.79 Å². The van der Waals surface area contributed by atoms with Gasteiger partial charge in [-0.3, -0.25) is 9.48 Å². The molecule has 2 aromatic heterocycles. The standard InChI is InChI=1S/C18H21N5O2S/c1-14-20-15(13-26-14)10-19-18(24)8-5-9-23-11-16(21-22-23)12-25-17-6-3-2-4-7-17/h2-4,6-7,11,13H,5,8-10,12H2,1H3,(H,19,24). The number of para-hydroxylation sites is 1. The third kappa shape index (κ3) is 5.66. The van der Waals surface area contributed by atoms with Gasteiger partial charge in [-0.25, -0.2) is 4.98 Å². The van der Waals surface area contributed by atoms with Gasteiger partial charge < -0.3 is 10.1 Å². The first kappa shape index (κ1) is 18.1. The second kappa shape index (κ2) is 9.10. The summed E-state index contributed by atoms with van der Waals surface area (Å²) < 4.78 is 7.38. The molecule has 26 heavy (non-hydrogen) atoms. The van der Waals surface area contributed by atoms with E-state index in [2.05, 4.69) is 20.6 Å². The highest BCUT2D eigenvalue weighted by molar-refractivity contribution is 7.09. The number of hydrogen-bond acceptors (Lipinski definition) is 6. The summed E-state index contributed by atoms with van der Waals surface area (Å²) in [5.41, 5.74) is 1.66. The first-order chi connectivity index (χ1) is 12.7. The first-order valence-corrected chi connectivity index (χ1v) is 9.31. The fourth-order valence-electron chi connectivity index (χ4n) is 2.36. The minimum Gasteiger partial charge on any atom is -0.487 e. The molecule has 0 bridgehead atoms. The van der Waals surface area contributed by atoms with E-state index in [1.165, 1.54) is 0 Å². The van der Waals surface area contributed by atoms with Gasteiger partial charge in [0.1, 0.15) is 18.1 Å². The molecule has 1 aromatic carbocycles. The third-order valence-corrected chi connectivity index (χ3v) is 4.46. The lowest BCUT2D eigenvalue weighted by atomic mass is 10.3. The summed E-state index contributed by atoms with van der Waals surface area (Å²) in [7, 11) is 0. The smallest absolute Gasteiger partial charge is 0.220 e. The Kier molecular flexibility index (Phi) is 6.32. The number of thiazole rings is 1. The predicted octanol–water partition coefficient (Wildman–Crippen LogP) is 2.72. The lowest BCUT2D eigenvalue weighted by Crippen LogP contribution is -2.23. The van der Waals surface area contributed by atoms with Crippen LogP contribution in [-0.2, 0) is 24.5 Å². The summed E-state index contributed by atoms with van der Waals surface area (Å²) in [5.74, 6) is 0.817. The zero-order chi connectivity index (χ0) is 18.2. The van der Waals surface area contributed by atoms with Gasteiger partial charge in [0.25, 0.3) is 0 Å². The number of amides is 1. The molecule has 1 N–H and O–H groups in total. The lowest BCUT2D eigenvalue weighted by Gasteiger charge is -2.03. The Morgan fingerprint density at radius 3 is 2.88 bits per heavy atom. The van der Waals surface area contributed by atoms with Crippen LogP contribution in [0.25, 0.3) is 0 Å². The second-order valence-corrected chi connectivity index (χ2v) is 6.88. The molecule has 1 amide bonds. The number of ether oxygens (including phenoxy) is 1. The van der Waals surface area contributed by atoms with E-state index in [0.29, 0.717) is 32.5 Å². The summed E-state index contributed by atoms with van der Waals surface area (Å²) >= 11 is 1.58. The highest BCUT2D eigenvalue weighted by Gasteiger charge is 2.06. The predicted molar refractivity (Wildman–Crippen MR) is 98.7 cm³/mol. The van der Waals surface area contributed by atoms with Crippen LogP contribution in [0.4, 0.5) is 0 Å². The zero-order valence-corrected chi connectivity index (χ0v) is 15.4. The van der Waals surface area contributed by atoms with Crippen LogP contribution in [0, 0.1) is 6.92 Å². The summed E-state index contributed by atoms with van der Waals surface area (Å²) in [5, 5.41) is 14.0. The van der Waals surface area contributed by atoms with Crippen molar-refractivity contribution in [2.45, 2.75) is 39.5 Å². The molecule has 0 atom stereocenters. The number of aryl methyl sites for hydroxylation is 2. The van der Waals surface area contributed by atoms with Gasteiger partial charge in [-0.15, -0.1) is 16.4 Å². The van der Waals surface area contributed by atoms with Crippen molar-refractivity contribution in [2.75, 3.05) is 0 Å². The van der Waals surface area contributed by atoms with Gasteiger partial charge in [0, 0.05) is 18.3 Å². The van der Waals surface area contributed by atoms with Gasteiger partial charge in [-0.2, -0.15) is 0 Å². The maximum atomic E-state index is 11.9. The third-order valence-electron chi connectivity index (χ3n) is 3.64. The molecule has 0 fully saturated rings. The quantitative estimate of drug-likeness (QED) is 0.625. The molecule has 0 saturated heterocycles. The largest absolute Gasteiger partial charge is 0.487 e. The summed E-state index contributed by atoms with van der Waals surface area (Å²) in [6, 6.07) is 9.59. The van der Waals surface area contributed by atoms with Crippen molar-refractivity contribution >= 4 is 17.2 Å². The van der Waals surface area contributed by atoms with Gasteiger partial charge in [-0.05, 0) is 25.5 Å². The van der Waals surface area contributed by atoms with Crippen molar-refractivity contribution in [1.82, 2.24) is 25.3 Å². The molecule has 7 nitrogen and oxygen atoms in total. The summed E-state index contributed by atoms with van der Waals surface area (Å²) in [4.78, 5) is 16.2. The van der Waals surface area contributed by atoms with Crippen molar-refractivity contribution in [2.24, 2.45) is 0 Å². The van der Waals surface area contributed by atoms with Crippen LogP contribution >= 0.6 is 11.3 Å². The van der Waals surface area contributed by atoms with E-state index in [0.717, 1.165) is 22.1 Å². The Morgan fingerprint density at radius 2 is 2.12 bits per heavy atom. The monoisotopic (exact) mass is 371 g/mol. The van der Waals surface area contributed by atoms with Crippen LogP contribution in [0.15, 0.2) is 41.9 Å². The van der Waals surface area contributed by atoms with E-state index in [1.54, 1.807) is 16.0 Å². The molecule has 3 aromatic rings. The molecule has 2 heterocycles. The van der Waals surface area contributed by atoms with Crippen molar-refractivity contribution in [3.05, 3.63) is 58.3 Å². The van der Waals surface area contributed by atoms with Gasteiger partial charge in [-0.1, -0.05) is 23.4 Å². The molecule has 0 unspecified atom stereocenters. The number of hydrogen-bond donors (Lipinski definition) is 1. The van der Waals surface area contributed by atoms with Gasteiger partial charge >= 0.3 is 0 Å². The molecule has 0 aliphatic carbocycles. The Hall–Kier alpha value is -2.74. The highest BCUT2D eigenvalue weighted by Crippen LogP contribution is 2.10. The minimum absolute atomic E-state index is 0.0170. The molecule has 8 heteroatoms. The Balaban J connectivity index is 1.34. The van der Waals surface area contributed by atoms with Gasteiger partial charge in [0.15, 0.2) is 0 Å². The van der Waals surface area contributed by atoms with Crippen LogP contribution in [-0.4, -0.2) is 25.9 Å². The molecule has 0 spiro atoms. The minimum atomic E-state index is 0.0170. The lowest BCUT2D eigenvalue weighted by molar-refractivity contribution is -0.121. The normalized spacial score (nSPS) is 10.7. The zero-order valence-electron chi connectivity index (χ0n) is 14.6. The van der Waals surface area contributed by atoms with Crippen molar-refractivity contribution in [1.29, 1.82) is 0 Å². The molecular formula is C18H21N5O2S. The van der Waals surface area contributed by atoms with E-state index >= 15 is 0 Å². The number of carbonyl (C=O) groups excluding carboxylic acids is 1. The molecule has 3 rings (SSSR count). The van der Waals surface area contributed by atoms with E-state index < -0.39 is 0 Å². The molecular weight excluding hydrogens is 350 g/mol. The average Bonchev–Trinajstić information content (AvgIpc) is 3.28. The van der Waals surface area contributed by atoms with Crippen LogP contribution in [0.1, 0.15) is 29.2 Å². The maximum absolute atomic E-state index is 11.9. The number of carbonyl (C=O) groups is 1. The van der Waals surface area contributed by atoms with E-state index in [4.69, 9.17) is 4.74 Å². The first-order valence-electron chi connectivity index (χ1n) is 8.43. The number of aromatic nitrogens is 4. The summed E-state index contributed by atoms with van der Waals surface area (Å²) in [6.45, 7) is 3.44. The molecule has 0 radical (unpaired) electrons. The number of rotatable bonds is 9. The second-order valence-electron chi connectivity index (χ2n) is 5.81. The SMILES string of the molecule is Cc1nc(CNC(=O)CCCn2cc(COc3ccccc3)nn2)cs1. The van der Waals surface area contributed by atoms with Crippen LogP contribution in [0.3, 0.4) is 0 Å². The Labute approximate surface area is 156 Å².